The van der Waals surface area contributed by atoms with Crippen LogP contribution in [0.25, 0.3) is 11.5 Å². The van der Waals surface area contributed by atoms with Crippen molar-refractivity contribution in [2.75, 3.05) is 5.73 Å². The number of aromatic nitrogens is 4. The number of hydrogen-bond acceptors (Lipinski definition) is 4. The van der Waals surface area contributed by atoms with E-state index in [0.29, 0.717) is 17.7 Å². The largest absolute Gasteiger partial charge is 0.383 e. The van der Waals surface area contributed by atoms with Crippen molar-refractivity contribution in [1.82, 2.24) is 19.5 Å². The topological polar surface area (TPSA) is 69.6 Å². The van der Waals surface area contributed by atoms with Crippen molar-refractivity contribution in [1.29, 1.82) is 0 Å². The van der Waals surface area contributed by atoms with Crippen molar-refractivity contribution in [2.24, 2.45) is 0 Å². The molecule has 0 unspecified atom stereocenters. The smallest absolute Gasteiger partial charge is 0.180 e. The Morgan fingerprint density at radius 2 is 2.17 bits per heavy atom. The fourth-order valence-electron chi connectivity index (χ4n) is 2.16. The molecule has 0 bridgehead atoms. The first-order valence-corrected chi connectivity index (χ1v) is 6.36. The van der Waals surface area contributed by atoms with E-state index < -0.39 is 0 Å². The van der Waals surface area contributed by atoms with Crippen LogP contribution in [0.3, 0.4) is 0 Å². The minimum atomic E-state index is 0.568. The van der Waals surface area contributed by atoms with Crippen molar-refractivity contribution >= 4 is 5.82 Å². The molecule has 0 amide bonds. The maximum Gasteiger partial charge on any atom is 0.180 e. The molecular formula is C13H17N5. The van der Waals surface area contributed by atoms with Gasteiger partial charge in [-0.3, -0.25) is 0 Å². The van der Waals surface area contributed by atoms with Crippen molar-refractivity contribution in [3.63, 3.8) is 0 Å². The molecule has 94 valence electrons. The van der Waals surface area contributed by atoms with Crippen molar-refractivity contribution in [3.05, 3.63) is 23.8 Å². The Hall–Kier alpha value is -1.91. The summed E-state index contributed by atoms with van der Waals surface area (Å²) in [4.78, 5) is 13.2. The maximum absolute atomic E-state index is 5.96. The zero-order chi connectivity index (χ0) is 12.7. The fraction of sp³-hybridized carbons (Fsp3) is 0.462. The third-order valence-electron chi connectivity index (χ3n) is 3.45. The second kappa shape index (κ2) is 4.08. The Labute approximate surface area is 106 Å². The molecule has 2 N–H and O–H groups in total. The summed E-state index contributed by atoms with van der Waals surface area (Å²) in [6.07, 6.45) is 6.97. The minimum absolute atomic E-state index is 0.568. The van der Waals surface area contributed by atoms with Gasteiger partial charge in [0.25, 0.3) is 0 Å². The van der Waals surface area contributed by atoms with Gasteiger partial charge in [-0.25, -0.2) is 15.0 Å². The van der Waals surface area contributed by atoms with E-state index in [1.165, 1.54) is 12.8 Å². The summed E-state index contributed by atoms with van der Waals surface area (Å²) in [5.41, 5.74) is 8.94. The van der Waals surface area contributed by atoms with Gasteiger partial charge in [0.1, 0.15) is 11.5 Å². The summed E-state index contributed by atoms with van der Waals surface area (Å²) in [7, 11) is 0. The van der Waals surface area contributed by atoms with Crippen LogP contribution in [0.5, 0.6) is 0 Å². The van der Waals surface area contributed by atoms with Gasteiger partial charge in [-0.05, 0) is 26.2 Å². The first kappa shape index (κ1) is 11.2. The Bertz CT molecular complexity index is 583. The van der Waals surface area contributed by atoms with Crippen LogP contribution in [0, 0.1) is 6.92 Å². The zero-order valence-electron chi connectivity index (χ0n) is 10.7. The fourth-order valence-corrected chi connectivity index (χ4v) is 2.16. The second-order valence-corrected chi connectivity index (χ2v) is 4.78. The normalized spacial score (nSPS) is 15.0. The molecule has 1 aliphatic carbocycles. The van der Waals surface area contributed by atoms with Gasteiger partial charge >= 0.3 is 0 Å². The molecule has 5 heteroatoms. The highest BCUT2D eigenvalue weighted by atomic mass is 15.1. The van der Waals surface area contributed by atoms with Gasteiger partial charge in [-0.2, -0.15) is 0 Å². The summed E-state index contributed by atoms with van der Waals surface area (Å²) < 4.78 is 2.16. The van der Waals surface area contributed by atoms with Crippen LogP contribution in [0.2, 0.25) is 0 Å². The zero-order valence-corrected chi connectivity index (χ0v) is 10.7. The monoisotopic (exact) mass is 243 g/mol. The van der Waals surface area contributed by atoms with Gasteiger partial charge in [0, 0.05) is 17.3 Å². The van der Waals surface area contributed by atoms with E-state index in [4.69, 9.17) is 5.73 Å². The first-order chi connectivity index (χ1) is 8.70. The van der Waals surface area contributed by atoms with Gasteiger partial charge in [-0.15, -0.1) is 0 Å². The summed E-state index contributed by atoms with van der Waals surface area (Å²) in [6, 6.07) is 0.568. The van der Waals surface area contributed by atoms with Crippen molar-refractivity contribution in [3.8, 4) is 11.5 Å². The number of aryl methyl sites for hydroxylation is 1. The number of anilines is 1. The molecule has 1 aliphatic rings. The predicted molar refractivity (Wildman–Crippen MR) is 70.1 cm³/mol. The highest BCUT2D eigenvalue weighted by molar-refractivity contribution is 5.55. The molecule has 0 atom stereocenters. The number of imidazole rings is 1. The molecule has 5 nitrogen and oxygen atoms in total. The molecule has 0 aliphatic heterocycles. The first-order valence-electron chi connectivity index (χ1n) is 6.36. The van der Waals surface area contributed by atoms with E-state index in [2.05, 4.69) is 26.4 Å². The Balaban J connectivity index is 2.10. The van der Waals surface area contributed by atoms with E-state index in [-0.39, 0.29) is 0 Å². The van der Waals surface area contributed by atoms with Crippen LogP contribution in [-0.4, -0.2) is 19.5 Å². The highest BCUT2D eigenvalue weighted by Gasteiger charge is 2.26. The van der Waals surface area contributed by atoms with Crippen molar-refractivity contribution < 1.29 is 0 Å². The third kappa shape index (κ3) is 1.75. The van der Waals surface area contributed by atoms with Gasteiger partial charge in [-0.1, -0.05) is 6.92 Å². The average Bonchev–Trinajstić information content (AvgIpc) is 3.10. The average molecular weight is 243 g/mol. The lowest BCUT2D eigenvalue weighted by Gasteiger charge is -2.10. The van der Waals surface area contributed by atoms with Crippen LogP contribution in [0.15, 0.2) is 12.5 Å². The molecule has 2 aromatic rings. The van der Waals surface area contributed by atoms with Crippen LogP contribution < -0.4 is 5.73 Å². The minimum Gasteiger partial charge on any atom is -0.383 e. The molecule has 1 saturated carbocycles. The van der Waals surface area contributed by atoms with Crippen LogP contribution in [0.1, 0.15) is 37.1 Å². The molecule has 0 saturated heterocycles. The van der Waals surface area contributed by atoms with E-state index >= 15 is 0 Å². The Morgan fingerprint density at radius 1 is 1.39 bits per heavy atom. The molecular weight excluding hydrogens is 226 g/mol. The molecule has 1 fully saturated rings. The standard InChI is InChI=1S/C13H17N5/c1-3-10-8(2)12(14)17-13(16-10)11-6-15-7-18(11)9-4-5-9/h6-7,9H,3-5H2,1-2H3,(H2,14,16,17). The summed E-state index contributed by atoms with van der Waals surface area (Å²) in [6.45, 7) is 4.05. The van der Waals surface area contributed by atoms with Gasteiger partial charge in [0.15, 0.2) is 5.82 Å². The number of nitrogen functional groups attached to an aromatic ring is 1. The van der Waals surface area contributed by atoms with Gasteiger partial charge < -0.3 is 10.3 Å². The van der Waals surface area contributed by atoms with Crippen LogP contribution >= 0.6 is 0 Å². The van der Waals surface area contributed by atoms with Crippen molar-refractivity contribution in [2.45, 2.75) is 39.2 Å². The lowest BCUT2D eigenvalue weighted by molar-refractivity contribution is 0.742. The predicted octanol–water partition coefficient (Wildman–Crippen LogP) is 2.13. The SMILES string of the molecule is CCc1nc(-c2cncn2C2CC2)nc(N)c1C. The number of rotatable bonds is 3. The summed E-state index contributed by atoms with van der Waals surface area (Å²) in [5, 5.41) is 0. The van der Waals surface area contributed by atoms with E-state index in [9.17, 15) is 0 Å². The second-order valence-electron chi connectivity index (χ2n) is 4.78. The number of nitrogens with zero attached hydrogens (tertiary/aromatic N) is 4. The van der Waals surface area contributed by atoms with Crippen LogP contribution in [0.4, 0.5) is 5.82 Å². The van der Waals surface area contributed by atoms with Gasteiger partial charge in [0.05, 0.1) is 12.5 Å². The Morgan fingerprint density at radius 3 is 2.83 bits per heavy atom. The molecule has 0 radical (unpaired) electrons. The molecule has 2 aromatic heterocycles. The number of hydrogen-bond donors (Lipinski definition) is 1. The molecule has 2 heterocycles. The van der Waals surface area contributed by atoms with E-state index in [1.54, 1.807) is 0 Å². The molecule has 0 spiro atoms. The lowest BCUT2D eigenvalue weighted by Crippen LogP contribution is -2.06. The van der Waals surface area contributed by atoms with Crippen LogP contribution in [-0.2, 0) is 6.42 Å². The van der Waals surface area contributed by atoms with E-state index in [1.807, 2.05) is 19.4 Å². The molecule has 18 heavy (non-hydrogen) atoms. The molecule has 3 rings (SSSR count). The Kier molecular flexibility index (Phi) is 2.54. The lowest BCUT2D eigenvalue weighted by atomic mass is 10.2. The number of nitrogens with two attached hydrogens (primary N) is 1. The summed E-state index contributed by atoms with van der Waals surface area (Å²) in [5.74, 6) is 1.26. The van der Waals surface area contributed by atoms with Gasteiger partial charge in [0.2, 0.25) is 0 Å². The quantitative estimate of drug-likeness (QED) is 0.896. The van der Waals surface area contributed by atoms with E-state index in [0.717, 1.165) is 23.4 Å². The highest BCUT2D eigenvalue weighted by Crippen LogP contribution is 2.37. The third-order valence-corrected chi connectivity index (χ3v) is 3.45. The maximum atomic E-state index is 5.96. The molecule has 0 aromatic carbocycles. The summed E-state index contributed by atoms with van der Waals surface area (Å²) >= 11 is 0.